The van der Waals surface area contributed by atoms with Crippen LogP contribution in [0.4, 0.5) is 10.8 Å². The number of hydrogen-bond donors (Lipinski definition) is 1. The zero-order chi connectivity index (χ0) is 23.3. The third-order valence-corrected chi connectivity index (χ3v) is 6.20. The molecule has 0 unspecified atom stereocenters. The Morgan fingerprint density at radius 2 is 1.90 bits per heavy atom. The molecule has 0 aromatic carbocycles. The molecule has 0 radical (unpaired) electrons. The second-order valence-corrected chi connectivity index (χ2v) is 8.12. The fourth-order valence-electron chi connectivity index (χ4n) is 2.59. The van der Waals surface area contributed by atoms with Crippen molar-refractivity contribution in [2.24, 2.45) is 0 Å². The second kappa shape index (κ2) is 10.5. The number of carbonyl (C=O) groups is 3. The van der Waals surface area contributed by atoms with Crippen LogP contribution in [0.15, 0.2) is 4.47 Å². The number of thiophene rings is 1. The second-order valence-electron chi connectivity index (χ2n) is 6.30. The number of amides is 1. The predicted octanol–water partition coefficient (Wildman–Crippen LogP) is 3.61. The smallest absolute Gasteiger partial charge is 0.404 e. The van der Waals surface area contributed by atoms with E-state index in [0.717, 1.165) is 11.3 Å². The number of carbonyl (C=O) groups excluding carboxylic acids is 3. The number of nitro groups is 1. The summed E-state index contributed by atoms with van der Waals surface area (Å²) in [7, 11) is 0. The predicted molar refractivity (Wildman–Crippen MR) is 116 cm³/mol. The molecule has 1 N–H and O–H groups in total. The van der Waals surface area contributed by atoms with Gasteiger partial charge < -0.3 is 24.9 Å². The fraction of sp³-hybridized carbons (Fsp3) is 0.444. The van der Waals surface area contributed by atoms with Gasteiger partial charge in [-0.15, -0.1) is 11.3 Å². The van der Waals surface area contributed by atoms with Crippen LogP contribution in [0, 0.1) is 24.0 Å². The molecule has 0 fully saturated rings. The van der Waals surface area contributed by atoms with E-state index < -0.39 is 28.6 Å². The standard InChI is InChI=1S/C18H21BrN4O7S/c1-5-7-30-17(25)12-9(3)14(18(26)29-6-2)31-16(12)20-11(24)8-22-10(4)13(19)15(21-22)23(27)28/h5-8H2,1-4H3,(H,20,24). The third kappa shape index (κ3) is 5.47. The Labute approximate surface area is 190 Å². The first-order valence-electron chi connectivity index (χ1n) is 9.27. The lowest BCUT2D eigenvalue weighted by Gasteiger charge is -2.07. The zero-order valence-electron chi connectivity index (χ0n) is 17.3. The average Bonchev–Trinajstić information content (AvgIpc) is 3.17. The lowest BCUT2D eigenvalue weighted by molar-refractivity contribution is -0.390. The zero-order valence-corrected chi connectivity index (χ0v) is 19.7. The van der Waals surface area contributed by atoms with Gasteiger partial charge in [-0.2, -0.15) is 4.68 Å². The highest BCUT2D eigenvalue weighted by molar-refractivity contribution is 9.10. The molecule has 2 heterocycles. The van der Waals surface area contributed by atoms with Gasteiger partial charge in [0.1, 0.15) is 20.9 Å². The maximum absolute atomic E-state index is 12.6. The van der Waals surface area contributed by atoms with Crippen LogP contribution in [0.2, 0.25) is 0 Å². The molecule has 31 heavy (non-hydrogen) atoms. The summed E-state index contributed by atoms with van der Waals surface area (Å²) in [6.45, 7) is 6.62. The minimum atomic E-state index is -0.671. The van der Waals surface area contributed by atoms with Gasteiger partial charge in [0.25, 0.3) is 0 Å². The van der Waals surface area contributed by atoms with Gasteiger partial charge in [0.2, 0.25) is 5.91 Å². The number of nitrogens with one attached hydrogen (secondary N) is 1. The molecule has 2 aromatic rings. The molecule has 13 heteroatoms. The Morgan fingerprint density at radius 3 is 2.45 bits per heavy atom. The SMILES string of the molecule is CCCOC(=O)c1c(NC(=O)Cn2nc([N+](=O)[O-])c(Br)c2C)sc(C(=O)OCC)c1C. The number of aromatic nitrogens is 2. The summed E-state index contributed by atoms with van der Waals surface area (Å²) in [5.41, 5.74) is 0.798. The first-order valence-corrected chi connectivity index (χ1v) is 10.9. The Hall–Kier alpha value is -2.80. The fourth-order valence-corrected chi connectivity index (χ4v) is 4.12. The molecule has 0 aliphatic heterocycles. The molecule has 168 valence electrons. The van der Waals surface area contributed by atoms with Crippen LogP contribution in [0.1, 0.15) is 51.6 Å². The van der Waals surface area contributed by atoms with Gasteiger partial charge in [-0.1, -0.05) is 6.92 Å². The molecule has 0 spiro atoms. The van der Waals surface area contributed by atoms with Gasteiger partial charge in [0.15, 0.2) is 0 Å². The first-order chi connectivity index (χ1) is 14.6. The molecule has 1 amide bonds. The minimum Gasteiger partial charge on any atom is -0.462 e. The minimum absolute atomic E-state index is 0.0687. The van der Waals surface area contributed by atoms with Crippen molar-refractivity contribution in [2.75, 3.05) is 18.5 Å². The molecule has 2 rings (SSSR count). The molecule has 0 atom stereocenters. The summed E-state index contributed by atoms with van der Waals surface area (Å²) < 4.78 is 11.5. The van der Waals surface area contributed by atoms with E-state index in [1.165, 1.54) is 4.68 Å². The van der Waals surface area contributed by atoms with E-state index in [1.54, 1.807) is 20.8 Å². The molecule has 2 aromatic heterocycles. The first kappa shape index (κ1) is 24.5. The number of rotatable bonds is 9. The molecular formula is C18H21BrN4O7S. The number of halogens is 1. The molecule has 0 bridgehead atoms. The Bertz CT molecular complexity index is 1030. The molecule has 0 saturated heterocycles. The van der Waals surface area contributed by atoms with Crippen LogP contribution in [0.3, 0.4) is 0 Å². The highest BCUT2D eigenvalue weighted by Gasteiger charge is 2.29. The van der Waals surface area contributed by atoms with Crippen molar-refractivity contribution in [1.82, 2.24) is 9.78 Å². The van der Waals surface area contributed by atoms with Crippen molar-refractivity contribution in [3.8, 4) is 0 Å². The third-order valence-electron chi connectivity index (χ3n) is 4.08. The van der Waals surface area contributed by atoms with Crippen LogP contribution in [0.5, 0.6) is 0 Å². The Kier molecular flexibility index (Phi) is 8.28. The van der Waals surface area contributed by atoms with Gasteiger partial charge >= 0.3 is 17.8 Å². The normalized spacial score (nSPS) is 10.6. The molecule has 0 aliphatic carbocycles. The van der Waals surface area contributed by atoms with Crippen LogP contribution in [-0.4, -0.2) is 45.8 Å². The van der Waals surface area contributed by atoms with Crippen LogP contribution < -0.4 is 5.32 Å². The maximum atomic E-state index is 12.6. The maximum Gasteiger partial charge on any atom is 0.404 e. The van der Waals surface area contributed by atoms with Crippen LogP contribution in [0.25, 0.3) is 0 Å². The summed E-state index contributed by atoms with van der Waals surface area (Å²) >= 11 is 3.99. The number of hydrogen-bond acceptors (Lipinski definition) is 9. The number of ether oxygens (including phenoxy) is 2. The lowest BCUT2D eigenvalue weighted by atomic mass is 10.1. The lowest BCUT2D eigenvalue weighted by Crippen LogP contribution is -2.21. The molecule has 0 saturated carbocycles. The molecular weight excluding hydrogens is 496 g/mol. The van der Waals surface area contributed by atoms with E-state index in [4.69, 9.17) is 9.47 Å². The van der Waals surface area contributed by atoms with E-state index in [1.807, 2.05) is 6.92 Å². The topological polar surface area (TPSA) is 143 Å². The van der Waals surface area contributed by atoms with E-state index in [2.05, 4.69) is 26.3 Å². The summed E-state index contributed by atoms with van der Waals surface area (Å²) in [5, 5.41) is 17.6. The van der Waals surface area contributed by atoms with E-state index in [-0.39, 0.29) is 39.7 Å². The Morgan fingerprint density at radius 1 is 1.23 bits per heavy atom. The van der Waals surface area contributed by atoms with Crippen LogP contribution >= 0.6 is 27.3 Å². The average molecular weight is 517 g/mol. The van der Waals surface area contributed by atoms with E-state index in [9.17, 15) is 24.5 Å². The summed E-state index contributed by atoms with van der Waals surface area (Å²) in [6, 6.07) is 0. The number of anilines is 1. The van der Waals surface area contributed by atoms with E-state index in [0.29, 0.717) is 17.7 Å². The van der Waals surface area contributed by atoms with Crippen molar-refractivity contribution in [1.29, 1.82) is 0 Å². The Balaban J connectivity index is 2.34. The number of esters is 2. The van der Waals surface area contributed by atoms with Crippen molar-refractivity contribution in [3.63, 3.8) is 0 Å². The van der Waals surface area contributed by atoms with Gasteiger partial charge in [-0.3, -0.25) is 4.79 Å². The van der Waals surface area contributed by atoms with Crippen molar-refractivity contribution < 1.29 is 28.8 Å². The quantitative estimate of drug-likeness (QED) is 0.302. The largest absolute Gasteiger partial charge is 0.462 e. The summed E-state index contributed by atoms with van der Waals surface area (Å²) in [4.78, 5) is 47.9. The summed E-state index contributed by atoms with van der Waals surface area (Å²) in [6.07, 6.45) is 0.605. The van der Waals surface area contributed by atoms with Gasteiger partial charge in [-0.25, -0.2) is 9.59 Å². The van der Waals surface area contributed by atoms with Gasteiger partial charge in [0.05, 0.1) is 29.6 Å². The number of nitrogens with zero attached hydrogens (tertiary/aromatic N) is 3. The van der Waals surface area contributed by atoms with Gasteiger partial charge in [-0.05, 0) is 53.6 Å². The van der Waals surface area contributed by atoms with Crippen LogP contribution in [-0.2, 0) is 20.8 Å². The highest BCUT2D eigenvalue weighted by atomic mass is 79.9. The molecule has 11 nitrogen and oxygen atoms in total. The monoisotopic (exact) mass is 516 g/mol. The van der Waals surface area contributed by atoms with E-state index >= 15 is 0 Å². The summed E-state index contributed by atoms with van der Waals surface area (Å²) in [5.74, 6) is -2.28. The highest BCUT2D eigenvalue weighted by Crippen LogP contribution is 2.34. The van der Waals surface area contributed by atoms with Crippen molar-refractivity contribution in [2.45, 2.75) is 40.7 Å². The van der Waals surface area contributed by atoms with Gasteiger partial charge in [0, 0.05) is 0 Å². The van der Waals surface area contributed by atoms with Crippen molar-refractivity contribution in [3.05, 3.63) is 36.3 Å². The molecule has 0 aliphatic rings. The van der Waals surface area contributed by atoms with Crippen molar-refractivity contribution >= 4 is 55.9 Å².